The zero-order valence-electron chi connectivity index (χ0n) is 20.2. The number of hydrogen-bond acceptors (Lipinski definition) is 4. The van der Waals surface area contributed by atoms with Crippen molar-refractivity contribution in [2.75, 3.05) is 24.7 Å². The van der Waals surface area contributed by atoms with Crippen LogP contribution in [0.25, 0.3) is 10.9 Å². The highest BCUT2D eigenvalue weighted by Crippen LogP contribution is 2.34. The van der Waals surface area contributed by atoms with Gasteiger partial charge in [0.25, 0.3) is 0 Å². The van der Waals surface area contributed by atoms with Gasteiger partial charge in [-0.2, -0.15) is 0 Å². The van der Waals surface area contributed by atoms with Crippen LogP contribution in [0.2, 0.25) is 25.7 Å². The highest BCUT2D eigenvalue weighted by atomic mass is 28.3. The minimum atomic E-state index is -1.18. The van der Waals surface area contributed by atoms with Crippen LogP contribution >= 0.6 is 0 Å². The first-order chi connectivity index (χ1) is 14.9. The van der Waals surface area contributed by atoms with Gasteiger partial charge in [0.05, 0.1) is 11.2 Å². The van der Waals surface area contributed by atoms with Crippen LogP contribution in [0.4, 0.5) is 14.9 Å². The number of carbonyl (C=O) groups excluding carboxylic acids is 1. The summed E-state index contributed by atoms with van der Waals surface area (Å²) in [5.74, 6) is -0.393. The van der Waals surface area contributed by atoms with E-state index in [0.29, 0.717) is 50.6 Å². The third-order valence-corrected chi connectivity index (χ3v) is 7.17. The van der Waals surface area contributed by atoms with Gasteiger partial charge in [-0.3, -0.25) is 4.90 Å². The SMILES string of the molecule is CC(C)(C)OC(=O)N(c1cc(F)cc2c1ccn2COCC[Si](C)(C)C)C1CCOCC1. The van der Waals surface area contributed by atoms with Gasteiger partial charge < -0.3 is 18.8 Å². The van der Waals surface area contributed by atoms with Crippen molar-refractivity contribution in [3.8, 4) is 0 Å². The van der Waals surface area contributed by atoms with Gasteiger partial charge in [-0.15, -0.1) is 0 Å². The van der Waals surface area contributed by atoms with Crippen LogP contribution in [0.1, 0.15) is 33.6 Å². The first kappa shape index (κ1) is 24.7. The van der Waals surface area contributed by atoms with E-state index in [0.717, 1.165) is 11.4 Å². The molecule has 1 aromatic carbocycles. The fraction of sp³-hybridized carbons (Fsp3) is 0.625. The summed E-state index contributed by atoms with van der Waals surface area (Å²) in [7, 11) is -1.18. The molecule has 0 atom stereocenters. The fourth-order valence-electron chi connectivity index (χ4n) is 3.79. The molecular formula is C24H37FN2O4Si. The number of fused-ring (bicyclic) bond motifs is 1. The third-order valence-electron chi connectivity index (χ3n) is 5.46. The van der Waals surface area contributed by atoms with Crippen molar-refractivity contribution in [3.05, 3.63) is 30.2 Å². The average molecular weight is 465 g/mol. The number of rotatable bonds is 7. The average Bonchev–Trinajstić information content (AvgIpc) is 3.07. The van der Waals surface area contributed by atoms with E-state index < -0.39 is 25.6 Å². The molecule has 2 aromatic rings. The van der Waals surface area contributed by atoms with Crippen molar-refractivity contribution in [2.24, 2.45) is 0 Å². The Labute approximate surface area is 191 Å². The molecule has 0 N–H and O–H groups in total. The Morgan fingerprint density at radius 3 is 2.56 bits per heavy atom. The Balaban J connectivity index is 1.93. The summed E-state index contributed by atoms with van der Waals surface area (Å²) < 4.78 is 33.8. The molecule has 0 unspecified atom stereocenters. The molecular weight excluding hydrogens is 427 g/mol. The molecule has 0 saturated carbocycles. The maximum atomic E-state index is 14.8. The number of aromatic nitrogens is 1. The molecule has 0 bridgehead atoms. The number of nitrogens with zero attached hydrogens (tertiary/aromatic N) is 2. The summed E-state index contributed by atoms with van der Waals surface area (Å²) in [6.07, 6.45) is 2.78. The van der Waals surface area contributed by atoms with Crippen LogP contribution in [0.3, 0.4) is 0 Å². The Hall–Kier alpha value is -1.90. The molecule has 0 aliphatic carbocycles. The summed E-state index contributed by atoms with van der Waals surface area (Å²) in [6.45, 7) is 14.6. The summed E-state index contributed by atoms with van der Waals surface area (Å²) in [6, 6.07) is 5.81. The van der Waals surface area contributed by atoms with E-state index in [4.69, 9.17) is 14.2 Å². The molecule has 1 aromatic heterocycles. The molecule has 1 aliphatic rings. The Kier molecular flexibility index (Phi) is 7.67. The van der Waals surface area contributed by atoms with Gasteiger partial charge in [-0.25, -0.2) is 9.18 Å². The molecule has 1 amide bonds. The van der Waals surface area contributed by atoms with E-state index in [-0.39, 0.29) is 6.04 Å². The molecule has 6 nitrogen and oxygen atoms in total. The molecule has 0 radical (unpaired) electrons. The second kappa shape index (κ2) is 9.93. The number of benzene rings is 1. The summed E-state index contributed by atoms with van der Waals surface area (Å²) in [5.41, 5.74) is 0.582. The number of ether oxygens (including phenoxy) is 3. The van der Waals surface area contributed by atoms with E-state index in [2.05, 4.69) is 19.6 Å². The lowest BCUT2D eigenvalue weighted by molar-refractivity contribution is 0.0487. The minimum Gasteiger partial charge on any atom is -0.443 e. The minimum absolute atomic E-state index is 0.111. The van der Waals surface area contributed by atoms with Crippen LogP contribution in [0.5, 0.6) is 0 Å². The highest BCUT2D eigenvalue weighted by Gasteiger charge is 2.32. The number of carbonyl (C=O) groups is 1. The summed E-state index contributed by atoms with van der Waals surface area (Å²) in [5, 5.41) is 0.803. The maximum absolute atomic E-state index is 14.8. The maximum Gasteiger partial charge on any atom is 0.415 e. The second-order valence-corrected chi connectivity index (χ2v) is 16.3. The van der Waals surface area contributed by atoms with Crippen molar-refractivity contribution in [1.29, 1.82) is 0 Å². The molecule has 3 rings (SSSR count). The van der Waals surface area contributed by atoms with Crippen LogP contribution in [0.15, 0.2) is 24.4 Å². The monoisotopic (exact) mass is 464 g/mol. The van der Waals surface area contributed by atoms with Crippen molar-refractivity contribution in [3.63, 3.8) is 0 Å². The van der Waals surface area contributed by atoms with E-state index in [9.17, 15) is 9.18 Å². The zero-order chi connectivity index (χ0) is 23.5. The smallest absolute Gasteiger partial charge is 0.415 e. The van der Waals surface area contributed by atoms with Gasteiger partial charge in [0.15, 0.2) is 0 Å². The lowest BCUT2D eigenvalue weighted by Gasteiger charge is -2.36. The molecule has 1 aliphatic heterocycles. The van der Waals surface area contributed by atoms with Crippen LogP contribution in [-0.2, 0) is 20.9 Å². The molecule has 1 saturated heterocycles. The van der Waals surface area contributed by atoms with E-state index >= 15 is 0 Å². The highest BCUT2D eigenvalue weighted by molar-refractivity contribution is 6.76. The normalized spacial score (nSPS) is 15.8. The van der Waals surface area contributed by atoms with Gasteiger partial charge in [-0.1, -0.05) is 19.6 Å². The molecule has 178 valence electrons. The number of amides is 1. The molecule has 2 heterocycles. The van der Waals surface area contributed by atoms with E-state index in [1.165, 1.54) is 12.1 Å². The van der Waals surface area contributed by atoms with Crippen LogP contribution in [-0.4, -0.2) is 50.2 Å². The van der Waals surface area contributed by atoms with E-state index in [1.807, 2.05) is 37.6 Å². The fourth-order valence-corrected chi connectivity index (χ4v) is 4.55. The number of halogens is 1. The topological polar surface area (TPSA) is 52.9 Å². The van der Waals surface area contributed by atoms with Gasteiger partial charge in [-0.05, 0) is 57.9 Å². The molecule has 8 heteroatoms. The largest absolute Gasteiger partial charge is 0.443 e. The van der Waals surface area contributed by atoms with Gasteiger partial charge in [0.1, 0.15) is 18.1 Å². The van der Waals surface area contributed by atoms with Gasteiger partial charge >= 0.3 is 6.09 Å². The first-order valence-electron chi connectivity index (χ1n) is 11.4. The lowest BCUT2D eigenvalue weighted by Crippen LogP contribution is -2.46. The Morgan fingerprint density at radius 2 is 1.94 bits per heavy atom. The quantitative estimate of drug-likeness (QED) is 0.372. The zero-order valence-corrected chi connectivity index (χ0v) is 21.2. The first-order valence-corrected chi connectivity index (χ1v) is 15.1. The second-order valence-electron chi connectivity index (χ2n) is 10.7. The van der Waals surface area contributed by atoms with Gasteiger partial charge in [0.2, 0.25) is 0 Å². The van der Waals surface area contributed by atoms with E-state index in [1.54, 1.807) is 4.90 Å². The Bertz CT molecular complexity index is 926. The van der Waals surface area contributed by atoms with Crippen LogP contribution < -0.4 is 4.90 Å². The Morgan fingerprint density at radius 1 is 1.25 bits per heavy atom. The molecule has 1 fully saturated rings. The number of anilines is 1. The standard InChI is InChI=1S/C24H37FN2O4Si/c1-24(2,3)31-23(28)27(19-8-11-29-12-9-19)22-16-18(25)15-21-20(22)7-10-26(21)17-30-13-14-32(4,5)6/h7,10,15-16,19H,8-9,11-14,17H2,1-6H3. The van der Waals surface area contributed by atoms with Crippen molar-refractivity contribution in [1.82, 2.24) is 4.57 Å². The summed E-state index contributed by atoms with van der Waals surface area (Å²) >= 11 is 0. The molecule has 0 spiro atoms. The van der Waals surface area contributed by atoms with Crippen molar-refractivity contribution in [2.45, 2.75) is 77.7 Å². The number of hydrogen-bond donors (Lipinski definition) is 0. The lowest BCUT2D eigenvalue weighted by atomic mass is 10.1. The van der Waals surface area contributed by atoms with Crippen molar-refractivity contribution >= 4 is 30.8 Å². The molecule has 32 heavy (non-hydrogen) atoms. The van der Waals surface area contributed by atoms with Gasteiger partial charge in [0, 0.05) is 45.5 Å². The third kappa shape index (κ3) is 6.56. The van der Waals surface area contributed by atoms with Crippen LogP contribution in [0, 0.1) is 5.82 Å². The van der Waals surface area contributed by atoms with Crippen molar-refractivity contribution < 1.29 is 23.4 Å². The predicted octanol–water partition coefficient (Wildman–Crippen LogP) is 6.01. The predicted molar refractivity (Wildman–Crippen MR) is 129 cm³/mol. The summed E-state index contributed by atoms with van der Waals surface area (Å²) in [4.78, 5) is 14.9.